The van der Waals surface area contributed by atoms with Gasteiger partial charge in [-0.3, -0.25) is 4.99 Å². The van der Waals surface area contributed by atoms with Crippen molar-refractivity contribution in [2.45, 2.75) is 45.3 Å². The van der Waals surface area contributed by atoms with Crippen LogP contribution >= 0.6 is 0 Å². The van der Waals surface area contributed by atoms with Gasteiger partial charge in [-0.05, 0) is 50.7 Å². The molecule has 0 unspecified atom stereocenters. The number of hydrogen-bond donors (Lipinski definition) is 0. The summed E-state index contributed by atoms with van der Waals surface area (Å²) >= 11 is 0. The molecule has 2 aliphatic rings. The normalized spacial score (nSPS) is 23.5. The van der Waals surface area contributed by atoms with Gasteiger partial charge in [0, 0.05) is 12.8 Å². The first-order valence-electron chi connectivity index (χ1n) is 6.88. The minimum absolute atomic E-state index is 0.299. The first-order valence-corrected chi connectivity index (χ1v) is 6.88. The zero-order valence-electron chi connectivity index (χ0n) is 12.1. The number of hydrogen-bond acceptors (Lipinski definition) is 3. The van der Waals surface area contributed by atoms with E-state index in [9.17, 15) is 0 Å². The second kappa shape index (κ2) is 4.19. The predicted octanol–water partition coefficient (Wildman–Crippen LogP) is 1.96. The molecule has 4 heteroatoms. The van der Waals surface area contributed by atoms with Crippen molar-refractivity contribution in [3.05, 3.63) is 29.3 Å². The van der Waals surface area contributed by atoms with E-state index in [4.69, 9.17) is 9.31 Å². The van der Waals surface area contributed by atoms with Crippen molar-refractivity contribution < 1.29 is 9.31 Å². The van der Waals surface area contributed by atoms with Gasteiger partial charge in [0.1, 0.15) is 0 Å². The van der Waals surface area contributed by atoms with Crippen LogP contribution in [-0.2, 0) is 15.7 Å². The van der Waals surface area contributed by atoms with Crippen molar-refractivity contribution in [1.82, 2.24) is 0 Å². The van der Waals surface area contributed by atoms with Crippen molar-refractivity contribution in [1.29, 1.82) is 0 Å². The van der Waals surface area contributed by atoms with Crippen LogP contribution in [0.3, 0.4) is 0 Å². The van der Waals surface area contributed by atoms with E-state index >= 15 is 0 Å². The van der Waals surface area contributed by atoms with Crippen LogP contribution in [0.2, 0.25) is 0 Å². The minimum atomic E-state index is -0.301. The fraction of sp³-hybridized carbons (Fsp3) is 0.533. The summed E-state index contributed by atoms with van der Waals surface area (Å²) in [6.07, 6.45) is 2.96. The van der Waals surface area contributed by atoms with Gasteiger partial charge >= 0.3 is 7.12 Å². The maximum absolute atomic E-state index is 6.13. The third kappa shape index (κ3) is 2.03. The molecule has 1 saturated heterocycles. The number of fused-ring (bicyclic) bond motifs is 1. The number of rotatable bonds is 1. The van der Waals surface area contributed by atoms with E-state index < -0.39 is 0 Å². The lowest BCUT2D eigenvalue weighted by Gasteiger charge is -2.32. The highest BCUT2D eigenvalue weighted by Crippen LogP contribution is 2.36. The molecule has 2 heterocycles. The Kier molecular flexibility index (Phi) is 2.84. The van der Waals surface area contributed by atoms with Gasteiger partial charge in [0.15, 0.2) is 0 Å². The van der Waals surface area contributed by atoms with Crippen molar-refractivity contribution in [2.24, 2.45) is 4.99 Å². The maximum Gasteiger partial charge on any atom is 0.495 e. The summed E-state index contributed by atoms with van der Waals surface area (Å²) in [6, 6.07) is 6.33. The fourth-order valence-electron chi connectivity index (χ4n) is 2.52. The Morgan fingerprint density at radius 1 is 1.11 bits per heavy atom. The summed E-state index contributed by atoms with van der Waals surface area (Å²) in [5.74, 6) is 0. The molecule has 0 saturated carbocycles. The molecule has 1 aromatic carbocycles. The highest BCUT2D eigenvalue weighted by Gasteiger charge is 2.52. The third-order valence-electron chi connectivity index (χ3n) is 4.47. The molecular weight excluding hydrogens is 237 g/mol. The molecule has 3 nitrogen and oxygen atoms in total. The SMILES string of the molecule is CC1(C)OB(c2cccc3c2C=NCC3)OC1(C)C. The summed E-state index contributed by atoms with van der Waals surface area (Å²) in [5, 5.41) is 0. The monoisotopic (exact) mass is 257 g/mol. The molecule has 0 atom stereocenters. The quantitative estimate of drug-likeness (QED) is 0.720. The zero-order chi connectivity index (χ0) is 13.7. The molecule has 0 aliphatic carbocycles. The lowest BCUT2D eigenvalue weighted by molar-refractivity contribution is 0.00578. The Bertz CT molecular complexity index is 521. The molecule has 0 bridgehead atoms. The summed E-state index contributed by atoms with van der Waals surface area (Å²) in [5.41, 5.74) is 3.01. The van der Waals surface area contributed by atoms with Gasteiger partial charge in [0.2, 0.25) is 0 Å². The average Bonchev–Trinajstić information content (AvgIpc) is 2.58. The molecule has 19 heavy (non-hydrogen) atoms. The zero-order valence-corrected chi connectivity index (χ0v) is 12.1. The molecule has 0 aromatic heterocycles. The maximum atomic E-state index is 6.13. The van der Waals surface area contributed by atoms with Crippen LogP contribution in [0.1, 0.15) is 38.8 Å². The van der Waals surface area contributed by atoms with Crippen LogP contribution < -0.4 is 5.46 Å². The predicted molar refractivity (Wildman–Crippen MR) is 78.3 cm³/mol. The first kappa shape index (κ1) is 12.9. The highest BCUT2D eigenvalue weighted by molar-refractivity contribution is 6.63. The van der Waals surface area contributed by atoms with E-state index in [1.165, 1.54) is 11.1 Å². The Morgan fingerprint density at radius 2 is 1.79 bits per heavy atom. The lowest BCUT2D eigenvalue weighted by Crippen LogP contribution is -2.41. The standard InChI is InChI=1S/C15H20BNO2/c1-14(2)15(3,4)19-16(18-14)13-7-5-6-11-8-9-17-10-12(11)13/h5-7,10H,8-9H2,1-4H3. The van der Waals surface area contributed by atoms with E-state index in [2.05, 4.69) is 50.9 Å². The summed E-state index contributed by atoms with van der Waals surface area (Å²) in [7, 11) is -0.301. The van der Waals surface area contributed by atoms with Crippen LogP contribution in [0.5, 0.6) is 0 Å². The van der Waals surface area contributed by atoms with Gasteiger partial charge in [-0.15, -0.1) is 0 Å². The van der Waals surface area contributed by atoms with Gasteiger partial charge in [0.25, 0.3) is 0 Å². The van der Waals surface area contributed by atoms with Crippen molar-refractivity contribution >= 4 is 18.8 Å². The molecule has 0 radical (unpaired) electrons. The van der Waals surface area contributed by atoms with Gasteiger partial charge < -0.3 is 9.31 Å². The van der Waals surface area contributed by atoms with E-state index in [0.29, 0.717) is 0 Å². The molecule has 3 rings (SSSR count). The molecule has 0 spiro atoms. The van der Waals surface area contributed by atoms with Crippen LogP contribution in [-0.4, -0.2) is 31.1 Å². The molecular formula is C15H20BNO2. The van der Waals surface area contributed by atoms with Crippen LogP contribution in [0, 0.1) is 0 Å². The van der Waals surface area contributed by atoms with Gasteiger partial charge in [-0.25, -0.2) is 0 Å². The topological polar surface area (TPSA) is 30.8 Å². The number of benzene rings is 1. The van der Waals surface area contributed by atoms with Gasteiger partial charge in [-0.1, -0.05) is 18.2 Å². The Morgan fingerprint density at radius 3 is 2.47 bits per heavy atom. The van der Waals surface area contributed by atoms with E-state index in [-0.39, 0.29) is 18.3 Å². The van der Waals surface area contributed by atoms with Crippen molar-refractivity contribution in [2.75, 3.05) is 6.54 Å². The number of nitrogens with zero attached hydrogens (tertiary/aromatic N) is 1. The van der Waals surface area contributed by atoms with Crippen LogP contribution in [0.4, 0.5) is 0 Å². The molecule has 2 aliphatic heterocycles. The number of aliphatic imine (C=N–C) groups is 1. The van der Waals surface area contributed by atoms with Crippen molar-refractivity contribution in [3.8, 4) is 0 Å². The summed E-state index contributed by atoms with van der Waals surface area (Å²) in [4.78, 5) is 4.39. The molecule has 1 fully saturated rings. The minimum Gasteiger partial charge on any atom is -0.399 e. The third-order valence-corrected chi connectivity index (χ3v) is 4.47. The molecule has 100 valence electrons. The lowest BCUT2D eigenvalue weighted by atomic mass is 9.74. The second-order valence-electron chi connectivity index (χ2n) is 6.29. The van der Waals surface area contributed by atoms with E-state index in [1.54, 1.807) is 0 Å². The molecule has 1 aromatic rings. The average molecular weight is 257 g/mol. The highest BCUT2D eigenvalue weighted by atomic mass is 16.7. The Labute approximate surface area is 115 Å². The first-order chi connectivity index (χ1) is 8.91. The largest absolute Gasteiger partial charge is 0.495 e. The summed E-state index contributed by atoms with van der Waals surface area (Å²) < 4.78 is 12.3. The summed E-state index contributed by atoms with van der Waals surface area (Å²) in [6.45, 7) is 9.19. The Hall–Kier alpha value is -1.13. The van der Waals surface area contributed by atoms with Crippen molar-refractivity contribution in [3.63, 3.8) is 0 Å². The van der Waals surface area contributed by atoms with Gasteiger partial charge in [-0.2, -0.15) is 0 Å². The van der Waals surface area contributed by atoms with E-state index in [1.807, 2.05) is 6.21 Å². The Balaban J connectivity index is 2.00. The second-order valence-corrected chi connectivity index (χ2v) is 6.29. The fourth-order valence-corrected chi connectivity index (χ4v) is 2.52. The molecule has 0 N–H and O–H groups in total. The molecule has 0 amide bonds. The van der Waals surface area contributed by atoms with E-state index in [0.717, 1.165) is 18.4 Å². The smallest absolute Gasteiger partial charge is 0.399 e. The van der Waals surface area contributed by atoms with Gasteiger partial charge in [0.05, 0.1) is 11.2 Å². The van der Waals surface area contributed by atoms with Crippen LogP contribution in [0.15, 0.2) is 23.2 Å². The van der Waals surface area contributed by atoms with Crippen LogP contribution in [0.25, 0.3) is 0 Å².